The summed E-state index contributed by atoms with van der Waals surface area (Å²) in [6, 6.07) is 0.469. The smallest absolute Gasteiger partial charge is 0.151 e. The molecule has 1 fully saturated rings. The summed E-state index contributed by atoms with van der Waals surface area (Å²) in [5.41, 5.74) is 0. The molecule has 0 radical (unpaired) electrons. The van der Waals surface area contributed by atoms with Crippen LogP contribution in [0.1, 0.15) is 52.4 Å². The average molecular weight is 261 g/mol. The lowest BCUT2D eigenvalue weighted by molar-refractivity contribution is 0.495. The van der Waals surface area contributed by atoms with Gasteiger partial charge in [0.05, 0.1) is 11.5 Å². The average Bonchev–Trinajstić information content (AvgIpc) is 2.76. The van der Waals surface area contributed by atoms with Gasteiger partial charge in [-0.1, -0.05) is 26.7 Å². The van der Waals surface area contributed by atoms with Gasteiger partial charge < -0.3 is 5.32 Å². The van der Waals surface area contributed by atoms with Crippen molar-refractivity contribution in [2.24, 2.45) is 5.92 Å². The Balaban J connectivity index is 2.24. The molecule has 4 heteroatoms. The number of hydrogen-bond donors (Lipinski definition) is 1. The van der Waals surface area contributed by atoms with Crippen molar-refractivity contribution >= 4 is 9.84 Å². The Morgan fingerprint density at radius 3 is 2.29 bits per heavy atom. The molecular formula is C13H27NO2S. The third kappa shape index (κ3) is 5.87. The first kappa shape index (κ1) is 15.0. The molecule has 1 N–H and O–H groups in total. The molecule has 0 aliphatic heterocycles. The lowest BCUT2D eigenvalue weighted by Gasteiger charge is -2.15. The predicted molar refractivity (Wildman–Crippen MR) is 73.0 cm³/mol. The topological polar surface area (TPSA) is 46.2 Å². The fraction of sp³-hybridized carbons (Fsp3) is 1.00. The van der Waals surface area contributed by atoms with Crippen LogP contribution in [0, 0.1) is 5.92 Å². The van der Waals surface area contributed by atoms with E-state index in [0.29, 0.717) is 30.0 Å². The Labute approximate surface area is 106 Å². The van der Waals surface area contributed by atoms with E-state index in [9.17, 15) is 8.42 Å². The molecule has 3 nitrogen and oxygen atoms in total. The highest BCUT2D eigenvalue weighted by Crippen LogP contribution is 2.25. The van der Waals surface area contributed by atoms with E-state index in [-0.39, 0.29) is 0 Å². The quantitative estimate of drug-likeness (QED) is 0.729. The minimum atomic E-state index is -2.84. The van der Waals surface area contributed by atoms with Crippen LogP contribution >= 0.6 is 0 Å². The second kappa shape index (κ2) is 7.37. The zero-order valence-corrected chi connectivity index (χ0v) is 12.1. The van der Waals surface area contributed by atoms with Gasteiger partial charge in [0.1, 0.15) is 0 Å². The Morgan fingerprint density at radius 1 is 1.18 bits per heavy atom. The van der Waals surface area contributed by atoms with Crippen molar-refractivity contribution in [3.63, 3.8) is 0 Å². The summed E-state index contributed by atoms with van der Waals surface area (Å²) in [5, 5.41) is 3.32. The minimum absolute atomic E-state index is 0.306. The summed E-state index contributed by atoms with van der Waals surface area (Å²) in [4.78, 5) is 0. The van der Waals surface area contributed by atoms with Crippen LogP contribution in [0.15, 0.2) is 0 Å². The molecule has 1 saturated carbocycles. The molecule has 0 saturated heterocycles. The molecule has 0 amide bonds. The van der Waals surface area contributed by atoms with Crippen LogP contribution < -0.4 is 5.32 Å². The van der Waals surface area contributed by atoms with E-state index in [0.717, 1.165) is 25.7 Å². The van der Waals surface area contributed by atoms with Crippen LogP contribution in [-0.4, -0.2) is 32.5 Å². The molecule has 0 atom stereocenters. The zero-order chi connectivity index (χ0) is 12.7. The standard InChI is InChI=1S/C13H27NO2S/c1-3-13(4-2)14-9-10-17(15,16)11-12-7-5-6-8-12/h12-14H,3-11H2,1-2H3. The Morgan fingerprint density at radius 2 is 1.76 bits per heavy atom. The van der Waals surface area contributed by atoms with Gasteiger partial charge in [-0.2, -0.15) is 0 Å². The highest BCUT2D eigenvalue weighted by Gasteiger charge is 2.22. The fourth-order valence-electron chi connectivity index (χ4n) is 2.62. The van der Waals surface area contributed by atoms with Crippen LogP contribution in [0.4, 0.5) is 0 Å². The van der Waals surface area contributed by atoms with Crippen molar-refractivity contribution < 1.29 is 8.42 Å². The predicted octanol–water partition coefficient (Wildman–Crippen LogP) is 2.37. The summed E-state index contributed by atoms with van der Waals surface area (Å²) in [6.45, 7) is 4.88. The maximum absolute atomic E-state index is 11.9. The van der Waals surface area contributed by atoms with Crippen LogP contribution in [-0.2, 0) is 9.84 Å². The first-order valence-electron chi connectivity index (χ1n) is 7.01. The molecule has 1 aliphatic rings. The Bertz CT molecular complexity index is 291. The van der Waals surface area contributed by atoms with Gasteiger partial charge in [-0.05, 0) is 31.6 Å². The summed E-state index contributed by atoms with van der Waals surface area (Å²) in [7, 11) is -2.84. The highest BCUT2D eigenvalue weighted by atomic mass is 32.2. The molecule has 0 aromatic rings. The maximum atomic E-state index is 11.9. The molecule has 0 aromatic heterocycles. The summed E-state index contributed by atoms with van der Waals surface area (Å²) < 4.78 is 23.8. The lowest BCUT2D eigenvalue weighted by atomic mass is 10.1. The molecular weight excluding hydrogens is 234 g/mol. The second-order valence-electron chi connectivity index (χ2n) is 5.23. The van der Waals surface area contributed by atoms with E-state index in [2.05, 4.69) is 19.2 Å². The molecule has 1 aliphatic carbocycles. The van der Waals surface area contributed by atoms with E-state index >= 15 is 0 Å². The first-order chi connectivity index (χ1) is 8.07. The van der Waals surface area contributed by atoms with Crippen LogP contribution in [0.3, 0.4) is 0 Å². The summed E-state index contributed by atoms with van der Waals surface area (Å²) in [5.74, 6) is 1.16. The molecule has 0 aromatic carbocycles. The molecule has 17 heavy (non-hydrogen) atoms. The van der Waals surface area contributed by atoms with Crippen LogP contribution in [0.5, 0.6) is 0 Å². The van der Waals surface area contributed by atoms with Gasteiger partial charge in [-0.25, -0.2) is 8.42 Å². The van der Waals surface area contributed by atoms with Crippen molar-refractivity contribution in [1.82, 2.24) is 5.32 Å². The monoisotopic (exact) mass is 261 g/mol. The van der Waals surface area contributed by atoms with Crippen molar-refractivity contribution in [2.75, 3.05) is 18.1 Å². The number of nitrogens with one attached hydrogen (secondary N) is 1. The molecule has 0 spiro atoms. The largest absolute Gasteiger partial charge is 0.313 e. The lowest BCUT2D eigenvalue weighted by Crippen LogP contribution is -2.33. The van der Waals surface area contributed by atoms with Gasteiger partial charge in [-0.3, -0.25) is 0 Å². The Hall–Kier alpha value is -0.0900. The van der Waals surface area contributed by atoms with Gasteiger partial charge in [0.25, 0.3) is 0 Å². The van der Waals surface area contributed by atoms with Crippen molar-refractivity contribution in [3.05, 3.63) is 0 Å². The van der Waals surface area contributed by atoms with Gasteiger partial charge in [0.2, 0.25) is 0 Å². The van der Waals surface area contributed by atoms with Crippen molar-refractivity contribution in [2.45, 2.75) is 58.4 Å². The van der Waals surface area contributed by atoms with E-state index in [1.165, 1.54) is 12.8 Å². The minimum Gasteiger partial charge on any atom is -0.313 e. The number of sulfone groups is 1. The third-order valence-electron chi connectivity index (χ3n) is 3.80. The second-order valence-corrected chi connectivity index (χ2v) is 7.46. The van der Waals surface area contributed by atoms with Crippen LogP contribution in [0.2, 0.25) is 0 Å². The van der Waals surface area contributed by atoms with Crippen LogP contribution in [0.25, 0.3) is 0 Å². The third-order valence-corrected chi connectivity index (χ3v) is 5.60. The SMILES string of the molecule is CCC(CC)NCCS(=O)(=O)CC1CCCC1. The van der Waals surface area contributed by atoms with E-state index in [1.54, 1.807) is 0 Å². The van der Waals surface area contributed by atoms with Gasteiger partial charge >= 0.3 is 0 Å². The number of rotatable bonds is 8. The van der Waals surface area contributed by atoms with E-state index in [1.807, 2.05) is 0 Å². The number of hydrogen-bond acceptors (Lipinski definition) is 3. The van der Waals surface area contributed by atoms with E-state index in [4.69, 9.17) is 0 Å². The zero-order valence-electron chi connectivity index (χ0n) is 11.2. The molecule has 0 unspecified atom stereocenters. The van der Waals surface area contributed by atoms with Gasteiger partial charge in [0.15, 0.2) is 9.84 Å². The van der Waals surface area contributed by atoms with E-state index < -0.39 is 9.84 Å². The fourth-order valence-corrected chi connectivity index (χ4v) is 4.26. The van der Waals surface area contributed by atoms with Crippen molar-refractivity contribution in [3.8, 4) is 0 Å². The van der Waals surface area contributed by atoms with Gasteiger partial charge in [-0.15, -0.1) is 0 Å². The maximum Gasteiger partial charge on any atom is 0.151 e. The summed E-state index contributed by atoms with van der Waals surface area (Å²) >= 11 is 0. The highest BCUT2D eigenvalue weighted by molar-refractivity contribution is 7.91. The molecule has 0 heterocycles. The molecule has 1 rings (SSSR count). The van der Waals surface area contributed by atoms with Gasteiger partial charge in [0, 0.05) is 12.6 Å². The summed E-state index contributed by atoms with van der Waals surface area (Å²) in [6.07, 6.45) is 6.79. The first-order valence-corrected chi connectivity index (χ1v) is 8.83. The van der Waals surface area contributed by atoms with Crippen molar-refractivity contribution in [1.29, 1.82) is 0 Å². The normalized spacial score (nSPS) is 18.1. The Kier molecular flexibility index (Phi) is 6.49. The molecule has 0 bridgehead atoms. The molecule has 102 valence electrons.